The Labute approximate surface area is 175 Å². The van der Waals surface area contributed by atoms with Gasteiger partial charge in [-0.05, 0) is 36.9 Å². The molecule has 0 aliphatic rings. The summed E-state index contributed by atoms with van der Waals surface area (Å²) in [5.74, 6) is -0.629. The first kappa shape index (κ1) is 20.3. The number of esters is 1. The minimum absolute atomic E-state index is 0.385. The number of thiazole rings is 1. The molecule has 0 saturated heterocycles. The molecule has 28 heavy (non-hydrogen) atoms. The molecule has 1 amide bonds. The van der Waals surface area contributed by atoms with E-state index in [0.717, 1.165) is 15.4 Å². The van der Waals surface area contributed by atoms with Crippen LogP contribution in [0.5, 0.6) is 5.75 Å². The molecule has 9 heteroatoms. The molecule has 2 aromatic heterocycles. The SMILES string of the molecule is COc1cc(Cl)c(C)cc1NC(=O)COC(=O)c1sc(-c2cccs2)nc1C. The largest absolute Gasteiger partial charge is 0.495 e. The Morgan fingerprint density at radius 2 is 2.07 bits per heavy atom. The molecular weight excluding hydrogens is 420 g/mol. The first-order valence-corrected chi connectivity index (χ1v) is 10.3. The van der Waals surface area contributed by atoms with Crippen molar-refractivity contribution in [2.24, 2.45) is 0 Å². The first-order chi connectivity index (χ1) is 13.4. The molecule has 6 nitrogen and oxygen atoms in total. The minimum atomic E-state index is -0.577. The average molecular weight is 437 g/mol. The first-order valence-electron chi connectivity index (χ1n) is 8.21. The quantitative estimate of drug-likeness (QED) is 0.553. The number of halogens is 1. The number of nitrogens with zero attached hydrogens (tertiary/aromatic N) is 1. The summed E-state index contributed by atoms with van der Waals surface area (Å²) < 4.78 is 10.4. The van der Waals surface area contributed by atoms with Crippen molar-refractivity contribution >= 4 is 51.8 Å². The van der Waals surface area contributed by atoms with Crippen LogP contribution in [0.15, 0.2) is 29.6 Å². The summed E-state index contributed by atoms with van der Waals surface area (Å²) >= 11 is 8.85. The zero-order valence-corrected chi connectivity index (χ0v) is 17.8. The number of rotatable bonds is 6. The lowest BCUT2D eigenvalue weighted by Gasteiger charge is -2.12. The van der Waals surface area contributed by atoms with Crippen molar-refractivity contribution in [3.8, 4) is 15.6 Å². The fourth-order valence-corrected chi connectivity index (χ4v) is 4.31. The number of anilines is 1. The van der Waals surface area contributed by atoms with E-state index in [1.54, 1.807) is 30.4 Å². The summed E-state index contributed by atoms with van der Waals surface area (Å²) in [7, 11) is 1.48. The highest BCUT2D eigenvalue weighted by atomic mass is 35.5. The predicted octanol–water partition coefficient (Wildman–Crippen LogP) is 4.95. The Morgan fingerprint density at radius 1 is 1.29 bits per heavy atom. The van der Waals surface area contributed by atoms with E-state index in [1.807, 2.05) is 24.4 Å². The van der Waals surface area contributed by atoms with Crippen LogP contribution in [0.4, 0.5) is 5.69 Å². The second-order valence-electron chi connectivity index (χ2n) is 5.84. The van der Waals surface area contributed by atoms with Crippen LogP contribution < -0.4 is 10.1 Å². The predicted molar refractivity (Wildman–Crippen MR) is 112 cm³/mol. The Morgan fingerprint density at radius 3 is 2.75 bits per heavy atom. The number of benzene rings is 1. The van der Waals surface area contributed by atoms with Crippen molar-refractivity contribution in [1.82, 2.24) is 4.98 Å². The van der Waals surface area contributed by atoms with Crippen LogP contribution in [0.3, 0.4) is 0 Å². The fourth-order valence-electron chi connectivity index (χ4n) is 2.40. The number of carbonyl (C=O) groups excluding carboxylic acids is 2. The number of ether oxygens (including phenoxy) is 2. The maximum atomic E-state index is 12.4. The normalized spacial score (nSPS) is 10.6. The molecule has 0 aliphatic heterocycles. The third-order valence-corrected chi connectivity index (χ3v) is 6.39. The molecule has 0 radical (unpaired) electrons. The standard InChI is InChI=1S/C19H17ClN2O4S2/c1-10-7-13(14(25-3)8-12(10)20)22-16(23)9-26-19(24)17-11(2)21-18(28-17)15-5-4-6-27-15/h4-8H,9H2,1-3H3,(H,22,23). The summed E-state index contributed by atoms with van der Waals surface area (Å²) in [6, 6.07) is 7.17. The van der Waals surface area contributed by atoms with Crippen molar-refractivity contribution in [2.75, 3.05) is 19.0 Å². The summed E-state index contributed by atoms with van der Waals surface area (Å²) in [6.07, 6.45) is 0. The third kappa shape index (κ3) is 4.52. The van der Waals surface area contributed by atoms with Gasteiger partial charge >= 0.3 is 5.97 Å². The highest BCUT2D eigenvalue weighted by molar-refractivity contribution is 7.22. The Bertz CT molecular complexity index is 1020. The topological polar surface area (TPSA) is 77.5 Å². The second-order valence-corrected chi connectivity index (χ2v) is 8.19. The number of nitrogens with one attached hydrogen (secondary N) is 1. The molecule has 146 valence electrons. The third-order valence-electron chi connectivity index (χ3n) is 3.80. The van der Waals surface area contributed by atoms with Crippen LogP contribution in [0.25, 0.3) is 9.88 Å². The zero-order chi connectivity index (χ0) is 20.3. The van der Waals surface area contributed by atoms with Crippen molar-refractivity contribution in [1.29, 1.82) is 0 Å². The van der Waals surface area contributed by atoms with E-state index in [2.05, 4.69) is 10.3 Å². The number of aryl methyl sites for hydroxylation is 2. The summed E-state index contributed by atoms with van der Waals surface area (Å²) in [5.41, 5.74) is 1.82. The molecule has 0 saturated carbocycles. The highest BCUT2D eigenvalue weighted by Gasteiger charge is 2.19. The lowest BCUT2D eigenvalue weighted by atomic mass is 10.2. The summed E-state index contributed by atoms with van der Waals surface area (Å²) in [4.78, 5) is 30.3. The number of carbonyl (C=O) groups is 2. The van der Waals surface area contributed by atoms with Crippen LogP contribution in [-0.2, 0) is 9.53 Å². The van der Waals surface area contributed by atoms with Crippen LogP contribution >= 0.6 is 34.3 Å². The maximum Gasteiger partial charge on any atom is 0.350 e. The van der Waals surface area contributed by atoms with Gasteiger partial charge in [-0.3, -0.25) is 4.79 Å². The van der Waals surface area contributed by atoms with Crippen molar-refractivity contribution < 1.29 is 19.1 Å². The van der Waals surface area contributed by atoms with E-state index in [0.29, 0.717) is 27.0 Å². The van der Waals surface area contributed by atoms with Gasteiger partial charge in [-0.15, -0.1) is 22.7 Å². The molecule has 0 atom stereocenters. The summed E-state index contributed by atoms with van der Waals surface area (Å²) in [5, 5.41) is 5.90. The molecule has 0 unspecified atom stereocenters. The van der Waals surface area contributed by atoms with Crippen LogP contribution in [0, 0.1) is 13.8 Å². The molecule has 0 bridgehead atoms. The van der Waals surface area contributed by atoms with Crippen molar-refractivity contribution in [3.63, 3.8) is 0 Å². The minimum Gasteiger partial charge on any atom is -0.495 e. The number of thiophene rings is 1. The van der Waals surface area contributed by atoms with Gasteiger partial charge in [-0.2, -0.15) is 0 Å². The van der Waals surface area contributed by atoms with Gasteiger partial charge in [-0.1, -0.05) is 17.7 Å². The lowest BCUT2D eigenvalue weighted by Crippen LogP contribution is -2.21. The van der Waals surface area contributed by atoms with Crippen molar-refractivity contribution in [2.45, 2.75) is 13.8 Å². The van der Waals surface area contributed by atoms with E-state index >= 15 is 0 Å². The van der Waals surface area contributed by atoms with Gasteiger partial charge in [0.1, 0.15) is 15.6 Å². The molecule has 0 aliphatic carbocycles. The molecular formula is C19H17ClN2O4S2. The number of hydrogen-bond acceptors (Lipinski definition) is 7. The van der Waals surface area contributed by atoms with E-state index in [-0.39, 0.29) is 0 Å². The Hall–Kier alpha value is -2.42. The number of amides is 1. The summed E-state index contributed by atoms with van der Waals surface area (Å²) in [6.45, 7) is 3.14. The van der Waals surface area contributed by atoms with Gasteiger partial charge in [-0.25, -0.2) is 9.78 Å². The number of methoxy groups -OCH3 is 1. The van der Waals surface area contributed by atoms with Crippen molar-refractivity contribution in [3.05, 3.63) is 50.8 Å². The van der Waals surface area contributed by atoms with Gasteiger partial charge < -0.3 is 14.8 Å². The molecule has 0 spiro atoms. The molecule has 1 N–H and O–H groups in total. The van der Waals surface area contributed by atoms with Gasteiger partial charge in [0.05, 0.1) is 23.4 Å². The van der Waals surface area contributed by atoms with E-state index < -0.39 is 18.5 Å². The van der Waals surface area contributed by atoms with E-state index in [9.17, 15) is 9.59 Å². The lowest BCUT2D eigenvalue weighted by molar-refractivity contribution is -0.119. The Kier molecular flexibility index (Phi) is 6.33. The molecule has 3 aromatic rings. The van der Waals surface area contributed by atoms with Crippen LogP contribution in [0.1, 0.15) is 20.9 Å². The second kappa shape index (κ2) is 8.72. The maximum absolute atomic E-state index is 12.4. The van der Waals surface area contributed by atoms with E-state index in [1.165, 1.54) is 18.4 Å². The fraction of sp³-hybridized carbons (Fsp3) is 0.211. The van der Waals surface area contributed by atoms with Gasteiger partial charge in [0, 0.05) is 11.1 Å². The Balaban J connectivity index is 1.64. The highest BCUT2D eigenvalue weighted by Crippen LogP contribution is 2.32. The average Bonchev–Trinajstić information content (AvgIpc) is 3.32. The van der Waals surface area contributed by atoms with E-state index in [4.69, 9.17) is 21.1 Å². The smallest absolute Gasteiger partial charge is 0.350 e. The molecule has 0 fully saturated rings. The van der Waals surface area contributed by atoms with Gasteiger partial charge in [0.2, 0.25) is 0 Å². The van der Waals surface area contributed by atoms with Gasteiger partial charge in [0.25, 0.3) is 5.91 Å². The molecule has 3 rings (SSSR count). The number of hydrogen-bond donors (Lipinski definition) is 1. The molecule has 1 aromatic carbocycles. The van der Waals surface area contributed by atoms with Crippen LogP contribution in [0.2, 0.25) is 5.02 Å². The molecule has 2 heterocycles. The zero-order valence-electron chi connectivity index (χ0n) is 15.4. The monoisotopic (exact) mass is 436 g/mol. The number of aromatic nitrogens is 1. The van der Waals surface area contributed by atoms with Crippen LogP contribution in [-0.4, -0.2) is 30.6 Å². The van der Waals surface area contributed by atoms with Gasteiger partial charge in [0.15, 0.2) is 6.61 Å².